The highest BCUT2D eigenvalue weighted by Gasteiger charge is 2.34. The van der Waals surface area contributed by atoms with Crippen LogP contribution in [0.2, 0.25) is 0 Å². The molecule has 1 aliphatic heterocycles. The lowest BCUT2D eigenvalue weighted by molar-refractivity contribution is 0.0672. The number of amides is 2. The van der Waals surface area contributed by atoms with Crippen molar-refractivity contribution in [2.75, 3.05) is 25.5 Å². The van der Waals surface area contributed by atoms with Gasteiger partial charge in [0.15, 0.2) is 0 Å². The summed E-state index contributed by atoms with van der Waals surface area (Å²) in [5.41, 5.74) is -1.37. The molecule has 24 heavy (non-hydrogen) atoms. The van der Waals surface area contributed by atoms with Crippen LogP contribution in [0, 0.1) is 0 Å². The lowest BCUT2D eigenvalue weighted by Gasteiger charge is -2.19. The molecule has 0 bridgehead atoms. The third-order valence-corrected chi connectivity index (χ3v) is 8.65. The van der Waals surface area contributed by atoms with E-state index in [9.17, 15) is 9.59 Å². The number of imide groups is 1. The lowest BCUT2D eigenvalue weighted by Crippen LogP contribution is -2.29. The van der Waals surface area contributed by atoms with E-state index in [-0.39, 0.29) is 18.4 Å². The summed E-state index contributed by atoms with van der Waals surface area (Å²) in [6.07, 6.45) is 3.68. The minimum absolute atomic E-state index is 0.248. The van der Waals surface area contributed by atoms with Gasteiger partial charge in [0, 0.05) is 12.3 Å². The van der Waals surface area contributed by atoms with E-state index in [0.717, 1.165) is 0 Å². The predicted octanol–water partition coefficient (Wildman–Crippen LogP) is 3.87. The number of carbonyl (C=O) groups excluding carboxylic acids is 2. The van der Waals surface area contributed by atoms with Gasteiger partial charge in [0.1, 0.15) is 0 Å². The molecular formula is C16H20NO4PS2. The van der Waals surface area contributed by atoms with Crippen LogP contribution in [0.25, 0.3) is 0 Å². The molecule has 2 rings (SSSR count). The summed E-state index contributed by atoms with van der Waals surface area (Å²) < 4.78 is 11.1. The van der Waals surface area contributed by atoms with E-state index >= 15 is 0 Å². The van der Waals surface area contributed by atoms with Gasteiger partial charge in [-0.05, 0) is 37.8 Å². The molecule has 5 nitrogen and oxygen atoms in total. The van der Waals surface area contributed by atoms with Crippen molar-refractivity contribution < 1.29 is 18.6 Å². The van der Waals surface area contributed by atoms with Crippen LogP contribution in [0.15, 0.2) is 36.4 Å². The molecule has 0 radical (unpaired) electrons. The fourth-order valence-corrected chi connectivity index (χ4v) is 6.54. The van der Waals surface area contributed by atoms with Gasteiger partial charge in [-0.1, -0.05) is 35.7 Å². The molecule has 0 N–H and O–H groups in total. The number of fused-ring (bicyclic) bond motifs is 1. The van der Waals surface area contributed by atoms with Gasteiger partial charge in [0.25, 0.3) is 11.8 Å². The normalized spacial score (nSPS) is 14.7. The number of carbonyl (C=O) groups is 2. The van der Waals surface area contributed by atoms with Crippen LogP contribution in [0.1, 0.15) is 34.6 Å². The standard InChI is InChI=1S/C16H20NO4PS2/c1-3-20-22(23,21-4-2)24-12-8-7-11-17-15(18)13-9-5-6-10-14(13)16(17)19/h5-10H,3-4,11-12H2,1-2H3/b8-7+. The van der Waals surface area contributed by atoms with E-state index in [1.165, 1.54) is 16.3 Å². The van der Waals surface area contributed by atoms with E-state index in [0.29, 0.717) is 30.1 Å². The Morgan fingerprint density at radius 1 is 1.08 bits per heavy atom. The zero-order valence-electron chi connectivity index (χ0n) is 13.6. The SMILES string of the molecule is CCOP(=S)(OCC)SC/C=C/CN1C(=O)c2ccccc2C1=O. The van der Waals surface area contributed by atoms with E-state index < -0.39 is 5.69 Å². The molecule has 0 aliphatic carbocycles. The maximum absolute atomic E-state index is 12.2. The zero-order valence-corrected chi connectivity index (χ0v) is 16.2. The molecule has 1 heterocycles. The van der Waals surface area contributed by atoms with E-state index in [2.05, 4.69) is 0 Å². The summed E-state index contributed by atoms with van der Waals surface area (Å²) in [4.78, 5) is 25.7. The molecule has 0 unspecified atom stereocenters. The number of nitrogens with zero attached hydrogens (tertiary/aromatic N) is 1. The molecule has 1 aliphatic rings. The number of rotatable bonds is 9. The first-order chi connectivity index (χ1) is 11.5. The van der Waals surface area contributed by atoms with Crippen LogP contribution < -0.4 is 0 Å². The van der Waals surface area contributed by atoms with Gasteiger partial charge in [0.05, 0.1) is 24.3 Å². The second-order valence-electron chi connectivity index (χ2n) is 4.82. The smallest absolute Gasteiger partial charge is 0.261 e. The summed E-state index contributed by atoms with van der Waals surface area (Å²) in [6.45, 7) is 5.06. The molecule has 0 atom stereocenters. The predicted molar refractivity (Wildman–Crippen MR) is 101 cm³/mol. The number of hydrogen-bond acceptors (Lipinski definition) is 6. The Bertz CT molecular complexity index is 647. The van der Waals surface area contributed by atoms with Crippen molar-refractivity contribution in [3.8, 4) is 0 Å². The van der Waals surface area contributed by atoms with Gasteiger partial charge in [-0.3, -0.25) is 14.5 Å². The Morgan fingerprint density at radius 3 is 2.12 bits per heavy atom. The molecule has 0 spiro atoms. The largest absolute Gasteiger partial charge is 0.322 e. The Kier molecular flexibility index (Phi) is 7.19. The van der Waals surface area contributed by atoms with Crippen LogP contribution >= 0.6 is 17.1 Å². The highest BCUT2D eigenvalue weighted by atomic mass is 32.9. The summed E-state index contributed by atoms with van der Waals surface area (Å²) >= 11 is 6.87. The maximum atomic E-state index is 12.2. The number of benzene rings is 1. The molecule has 8 heteroatoms. The summed E-state index contributed by atoms with van der Waals surface area (Å²) in [5.74, 6) is 0.115. The first kappa shape index (κ1) is 19.3. The van der Waals surface area contributed by atoms with Crippen molar-refractivity contribution >= 4 is 40.7 Å². The van der Waals surface area contributed by atoms with E-state index in [4.69, 9.17) is 20.9 Å². The third-order valence-electron chi connectivity index (χ3n) is 3.24. The molecule has 0 saturated carbocycles. The van der Waals surface area contributed by atoms with Crippen molar-refractivity contribution in [3.05, 3.63) is 47.5 Å². The van der Waals surface area contributed by atoms with Crippen LogP contribution in [-0.4, -0.2) is 42.2 Å². The summed E-state index contributed by atoms with van der Waals surface area (Å²) in [7, 11) is 0. The highest BCUT2D eigenvalue weighted by molar-refractivity contribution is 8.67. The molecule has 1 aromatic carbocycles. The maximum Gasteiger partial charge on any atom is 0.261 e. The van der Waals surface area contributed by atoms with Crippen molar-refractivity contribution in [1.29, 1.82) is 0 Å². The van der Waals surface area contributed by atoms with Gasteiger partial charge < -0.3 is 9.05 Å². The molecule has 2 amide bonds. The summed E-state index contributed by atoms with van der Waals surface area (Å²) in [6, 6.07) is 6.87. The van der Waals surface area contributed by atoms with E-state index in [1.54, 1.807) is 30.3 Å². The molecule has 0 aromatic heterocycles. The fraction of sp³-hybridized carbons (Fsp3) is 0.375. The highest BCUT2D eigenvalue weighted by Crippen LogP contribution is 2.60. The van der Waals surface area contributed by atoms with Gasteiger partial charge in [-0.25, -0.2) is 0 Å². The first-order valence-corrected chi connectivity index (χ1v) is 11.9. The second-order valence-corrected chi connectivity index (χ2v) is 11.2. The zero-order chi connectivity index (χ0) is 17.6. The monoisotopic (exact) mass is 385 g/mol. The Balaban J connectivity index is 1.88. The Morgan fingerprint density at radius 2 is 1.62 bits per heavy atom. The Hall–Kier alpha value is -0.980. The third kappa shape index (κ3) is 4.55. The van der Waals surface area contributed by atoms with Crippen LogP contribution in [0.3, 0.4) is 0 Å². The Labute approximate surface area is 151 Å². The topological polar surface area (TPSA) is 55.8 Å². The van der Waals surface area contributed by atoms with Gasteiger partial charge in [-0.15, -0.1) is 0 Å². The van der Waals surface area contributed by atoms with Crippen molar-refractivity contribution in [1.82, 2.24) is 4.90 Å². The lowest BCUT2D eigenvalue weighted by atomic mass is 10.1. The molecule has 130 valence electrons. The average molecular weight is 385 g/mol. The molecule has 0 fully saturated rings. The van der Waals surface area contributed by atoms with E-state index in [1.807, 2.05) is 19.9 Å². The van der Waals surface area contributed by atoms with Gasteiger partial charge in [-0.2, -0.15) is 0 Å². The fourth-order valence-electron chi connectivity index (χ4n) is 2.22. The van der Waals surface area contributed by atoms with Crippen LogP contribution in [0.4, 0.5) is 0 Å². The number of hydrogen-bond donors (Lipinski definition) is 0. The molecule has 0 saturated heterocycles. The quantitative estimate of drug-likeness (QED) is 0.365. The minimum atomic E-state index is -2.31. The first-order valence-electron chi connectivity index (χ1n) is 7.66. The summed E-state index contributed by atoms with van der Waals surface area (Å²) in [5, 5.41) is 0. The van der Waals surface area contributed by atoms with Crippen LogP contribution in [0.5, 0.6) is 0 Å². The minimum Gasteiger partial charge on any atom is -0.322 e. The van der Waals surface area contributed by atoms with Gasteiger partial charge >= 0.3 is 0 Å². The van der Waals surface area contributed by atoms with Crippen LogP contribution in [-0.2, 0) is 20.9 Å². The van der Waals surface area contributed by atoms with Crippen molar-refractivity contribution in [3.63, 3.8) is 0 Å². The molecule has 1 aromatic rings. The van der Waals surface area contributed by atoms with Crippen molar-refractivity contribution in [2.24, 2.45) is 0 Å². The van der Waals surface area contributed by atoms with Crippen molar-refractivity contribution in [2.45, 2.75) is 13.8 Å². The second kappa shape index (κ2) is 8.92. The molecular weight excluding hydrogens is 365 g/mol. The average Bonchev–Trinajstić information content (AvgIpc) is 2.80. The van der Waals surface area contributed by atoms with Gasteiger partial charge in [0.2, 0.25) is 5.69 Å².